The number of nitrogens with one attached hydrogen (secondary N) is 1. The number of hydrogen-bond acceptors (Lipinski definition) is 3. The highest BCUT2D eigenvalue weighted by atomic mass is 16.5. The Kier molecular flexibility index (Phi) is 5.23. The molecule has 1 unspecified atom stereocenters. The van der Waals surface area contributed by atoms with E-state index in [-0.39, 0.29) is 18.2 Å². The molecule has 0 aromatic rings. The van der Waals surface area contributed by atoms with Crippen LogP contribution < -0.4 is 5.32 Å². The van der Waals surface area contributed by atoms with E-state index in [0.29, 0.717) is 19.6 Å². The summed E-state index contributed by atoms with van der Waals surface area (Å²) in [5.41, 5.74) is 0. The second kappa shape index (κ2) is 6.92. The maximum atomic E-state index is 12.2. The maximum Gasteiger partial charge on any atom is 0.326 e. The van der Waals surface area contributed by atoms with Crippen LogP contribution in [0.5, 0.6) is 0 Å². The smallest absolute Gasteiger partial charge is 0.326 e. The quantitative estimate of drug-likeness (QED) is 0.821. The third kappa shape index (κ3) is 3.62. The van der Waals surface area contributed by atoms with Gasteiger partial charge in [0.15, 0.2) is 0 Å². The minimum Gasteiger partial charge on any atom is -0.480 e. The third-order valence-electron chi connectivity index (χ3n) is 4.12. The molecule has 1 saturated heterocycles. The molecule has 6 nitrogen and oxygen atoms in total. The first-order valence-electron chi connectivity index (χ1n) is 7.53. The minimum absolute atomic E-state index is 0.122. The number of rotatable bonds is 4. The van der Waals surface area contributed by atoms with E-state index >= 15 is 0 Å². The zero-order valence-electron chi connectivity index (χ0n) is 12.0. The molecule has 1 heterocycles. The van der Waals surface area contributed by atoms with Crippen molar-refractivity contribution in [3.63, 3.8) is 0 Å². The van der Waals surface area contributed by atoms with E-state index in [4.69, 9.17) is 4.74 Å². The summed E-state index contributed by atoms with van der Waals surface area (Å²) in [6, 6.07) is -0.795. The van der Waals surface area contributed by atoms with Gasteiger partial charge >= 0.3 is 12.0 Å². The number of nitrogens with zero attached hydrogens (tertiary/aromatic N) is 1. The van der Waals surface area contributed by atoms with Crippen LogP contribution in [0.1, 0.15) is 45.4 Å². The van der Waals surface area contributed by atoms with E-state index < -0.39 is 12.0 Å². The fourth-order valence-corrected chi connectivity index (χ4v) is 2.92. The Morgan fingerprint density at radius 2 is 2.05 bits per heavy atom. The van der Waals surface area contributed by atoms with Crippen LogP contribution in [0.25, 0.3) is 0 Å². The lowest BCUT2D eigenvalue weighted by molar-refractivity contribution is -0.142. The molecule has 0 spiro atoms. The van der Waals surface area contributed by atoms with Gasteiger partial charge in [0.05, 0.1) is 6.10 Å². The number of carbonyl (C=O) groups is 2. The van der Waals surface area contributed by atoms with Gasteiger partial charge in [0.1, 0.15) is 6.04 Å². The molecule has 20 heavy (non-hydrogen) atoms. The van der Waals surface area contributed by atoms with E-state index in [1.807, 2.05) is 6.92 Å². The summed E-state index contributed by atoms with van der Waals surface area (Å²) in [5, 5.41) is 12.2. The summed E-state index contributed by atoms with van der Waals surface area (Å²) in [4.78, 5) is 25.0. The van der Waals surface area contributed by atoms with Crippen molar-refractivity contribution in [2.75, 3.05) is 13.2 Å². The number of urea groups is 1. The number of hydrogen-bond donors (Lipinski definition) is 2. The number of ether oxygens (including phenoxy) is 1. The first-order chi connectivity index (χ1) is 9.61. The standard InChI is InChI=1S/C14H24N2O4/c1-2-20-11-8-10(9-11)15-14(19)16-7-5-3-4-6-12(16)13(17)18/h10-12H,2-9H2,1H3,(H,15,19)(H,17,18). The lowest BCUT2D eigenvalue weighted by Crippen LogP contribution is -2.55. The van der Waals surface area contributed by atoms with Crippen LogP contribution in [0.2, 0.25) is 0 Å². The SMILES string of the molecule is CCOC1CC(NC(=O)N2CCCCCC2C(=O)O)C1. The summed E-state index contributed by atoms with van der Waals surface area (Å²) in [7, 11) is 0. The number of carboxylic acids is 1. The molecule has 0 radical (unpaired) electrons. The predicted octanol–water partition coefficient (Wildman–Crippen LogP) is 1.59. The summed E-state index contributed by atoms with van der Waals surface area (Å²) in [5.74, 6) is -0.900. The van der Waals surface area contributed by atoms with Crippen LogP contribution >= 0.6 is 0 Å². The van der Waals surface area contributed by atoms with E-state index in [1.165, 1.54) is 4.90 Å². The molecule has 1 saturated carbocycles. The van der Waals surface area contributed by atoms with Crippen molar-refractivity contribution in [2.24, 2.45) is 0 Å². The van der Waals surface area contributed by atoms with Gasteiger partial charge in [-0.05, 0) is 32.6 Å². The van der Waals surface area contributed by atoms with Gasteiger partial charge < -0.3 is 20.1 Å². The second-order valence-corrected chi connectivity index (χ2v) is 5.59. The predicted molar refractivity (Wildman–Crippen MR) is 73.6 cm³/mol. The first-order valence-corrected chi connectivity index (χ1v) is 7.53. The number of carbonyl (C=O) groups excluding carboxylic acids is 1. The van der Waals surface area contributed by atoms with Gasteiger partial charge in [-0.3, -0.25) is 0 Å². The van der Waals surface area contributed by atoms with Gasteiger partial charge in [-0.2, -0.15) is 0 Å². The van der Waals surface area contributed by atoms with Crippen LogP contribution in [0, 0.1) is 0 Å². The van der Waals surface area contributed by atoms with Gasteiger partial charge in [-0.25, -0.2) is 9.59 Å². The Hall–Kier alpha value is -1.30. The zero-order valence-corrected chi connectivity index (χ0v) is 12.0. The number of likely N-dealkylation sites (tertiary alicyclic amines) is 1. The first kappa shape index (κ1) is 15.1. The lowest BCUT2D eigenvalue weighted by atomic mass is 9.89. The monoisotopic (exact) mass is 284 g/mol. The second-order valence-electron chi connectivity index (χ2n) is 5.59. The zero-order chi connectivity index (χ0) is 14.5. The molecular weight excluding hydrogens is 260 g/mol. The van der Waals surface area contributed by atoms with Crippen molar-refractivity contribution >= 4 is 12.0 Å². The number of carboxylic acid groups (broad SMARTS) is 1. The minimum atomic E-state index is -0.900. The van der Waals surface area contributed by atoms with Crippen molar-refractivity contribution in [3.05, 3.63) is 0 Å². The molecule has 2 fully saturated rings. The van der Waals surface area contributed by atoms with Crippen LogP contribution in [0.4, 0.5) is 4.79 Å². The fourth-order valence-electron chi connectivity index (χ4n) is 2.92. The van der Waals surface area contributed by atoms with E-state index in [9.17, 15) is 14.7 Å². The van der Waals surface area contributed by atoms with Crippen molar-refractivity contribution in [2.45, 2.75) is 63.6 Å². The van der Waals surface area contributed by atoms with E-state index in [0.717, 1.165) is 32.1 Å². The lowest BCUT2D eigenvalue weighted by Gasteiger charge is -2.37. The molecule has 1 atom stereocenters. The Morgan fingerprint density at radius 1 is 1.30 bits per heavy atom. The molecule has 1 aliphatic carbocycles. The van der Waals surface area contributed by atoms with Crippen LogP contribution in [-0.4, -0.2) is 53.3 Å². The van der Waals surface area contributed by atoms with Crippen molar-refractivity contribution in [1.29, 1.82) is 0 Å². The average Bonchev–Trinajstić information content (AvgIpc) is 2.61. The molecule has 114 valence electrons. The summed E-state index contributed by atoms with van der Waals surface area (Å²) in [6.45, 7) is 3.18. The highest BCUT2D eigenvalue weighted by Gasteiger charge is 2.35. The van der Waals surface area contributed by atoms with E-state index in [2.05, 4.69) is 5.32 Å². The Morgan fingerprint density at radius 3 is 2.70 bits per heavy atom. The Balaban J connectivity index is 1.85. The molecule has 6 heteroatoms. The highest BCUT2D eigenvalue weighted by molar-refractivity contribution is 5.83. The van der Waals surface area contributed by atoms with Gasteiger partial charge in [0.2, 0.25) is 0 Å². The van der Waals surface area contributed by atoms with Crippen molar-refractivity contribution in [3.8, 4) is 0 Å². The Bertz CT molecular complexity index is 355. The molecule has 0 aromatic carbocycles. The summed E-state index contributed by atoms with van der Waals surface area (Å²) < 4.78 is 5.46. The van der Waals surface area contributed by atoms with E-state index in [1.54, 1.807) is 0 Å². The van der Waals surface area contributed by atoms with Gasteiger partial charge in [-0.15, -0.1) is 0 Å². The molecule has 2 aliphatic rings. The molecule has 0 bridgehead atoms. The maximum absolute atomic E-state index is 12.2. The molecule has 2 rings (SSSR count). The van der Waals surface area contributed by atoms with Crippen LogP contribution in [0.3, 0.4) is 0 Å². The summed E-state index contributed by atoms with van der Waals surface area (Å²) in [6.07, 6.45) is 5.18. The van der Waals surface area contributed by atoms with Crippen molar-refractivity contribution < 1.29 is 19.4 Å². The average molecular weight is 284 g/mol. The summed E-state index contributed by atoms with van der Waals surface area (Å²) >= 11 is 0. The molecule has 1 aliphatic heterocycles. The van der Waals surface area contributed by atoms with Gasteiger partial charge in [0.25, 0.3) is 0 Å². The molecule has 2 amide bonds. The van der Waals surface area contributed by atoms with Gasteiger partial charge in [0, 0.05) is 19.2 Å². The topological polar surface area (TPSA) is 78.9 Å². The largest absolute Gasteiger partial charge is 0.480 e. The number of amides is 2. The van der Waals surface area contributed by atoms with Gasteiger partial charge in [-0.1, -0.05) is 12.8 Å². The third-order valence-corrected chi connectivity index (χ3v) is 4.12. The number of aliphatic carboxylic acids is 1. The highest BCUT2D eigenvalue weighted by Crippen LogP contribution is 2.24. The Labute approximate surface area is 119 Å². The van der Waals surface area contributed by atoms with Crippen molar-refractivity contribution in [1.82, 2.24) is 10.2 Å². The molecule has 2 N–H and O–H groups in total. The van der Waals surface area contributed by atoms with Crippen LogP contribution in [0.15, 0.2) is 0 Å². The molecule has 0 aromatic heterocycles. The molecular formula is C14H24N2O4. The fraction of sp³-hybridized carbons (Fsp3) is 0.857. The normalized spacial score (nSPS) is 30.2. The van der Waals surface area contributed by atoms with Crippen LogP contribution in [-0.2, 0) is 9.53 Å².